The summed E-state index contributed by atoms with van der Waals surface area (Å²) >= 11 is 0. The van der Waals surface area contributed by atoms with Crippen LogP contribution in [0.4, 0.5) is 11.5 Å². The number of carbonyl (C=O) groups excluding carboxylic acids is 1. The predicted octanol–water partition coefficient (Wildman–Crippen LogP) is 4.66. The molecular weight excluding hydrogens is 446 g/mol. The van der Waals surface area contributed by atoms with Crippen LogP contribution in [-0.2, 0) is 0 Å². The Labute approximate surface area is 202 Å². The SMILES string of the molecule is CCCCCCCNC(=O)c1c(N)n(N=Cc2cccc([N+](=O)[O-])c2)c2nc3ccccc3nc12. The van der Waals surface area contributed by atoms with Crippen molar-refractivity contribution in [2.75, 3.05) is 12.3 Å². The molecule has 0 fully saturated rings. The second kappa shape index (κ2) is 10.7. The molecule has 10 nitrogen and oxygen atoms in total. The number of unbranched alkanes of at least 4 members (excludes halogenated alkanes) is 4. The Hall–Kier alpha value is -4.34. The summed E-state index contributed by atoms with van der Waals surface area (Å²) in [6.45, 7) is 2.69. The van der Waals surface area contributed by atoms with E-state index in [1.807, 2.05) is 24.3 Å². The first-order valence-electron chi connectivity index (χ1n) is 11.6. The van der Waals surface area contributed by atoms with Crippen molar-refractivity contribution in [3.05, 3.63) is 69.8 Å². The number of nitrogen functional groups attached to an aromatic ring is 1. The number of hydrogen-bond acceptors (Lipinski definition) is 7. The van der Waals surface area contributed by atoms with Gasteiger partial charge in [0, 0.05) is 24.2 Å². The third-order valence-corrected chi connectivity index (χ3v) is 5.67. The molecule has 0 radical (unpaired) electrons. The monoisotopic (exact) mass is 473 g/mol. The molecule has 4 aromatic rings. The van der Waals surface area contributed by atoms with Crippen LogP contribution in [0.3, 0.4) is 0 Å². The van der Waals surface area contributed by atoms with Gasteiger partial charge in [0.1, 0.15) is 16.9 Å². The van der Waals surface area contributed by atoms with Gasteiger partial charge in [0.15, 0.2) is 5.65 Å². The normalized spacial score (nSPS) is 11.5. The fourth-order valence-electron chi connectivity index (χ4n) is 3.85. The molecule has 4 rings (SSSR count). The fraction of sp³-hybridized carbons (Fsp3) is 0.280. The number of carbonyl (C=O) groups is 1. The number of benzene rings is 2. The smallest absolute Gasteiger partial charge is 0.270 e. The van der Waals surface area contributed by atoms with Gasteiger partial charge in [-0.3, -0.25) is 14.9 Å². The van der Waals surface area contributed by atoms with E-state index in [1.54, 1.807) is 12.1 Å². The average Bonchev–Trinajstić information content (AvgIpc) is 3.13. The topological polar surface area (TPSA) is 141 Å². The number of nitrogens with one attached hydrogen (secondary N) is 1. The summed E-state index contributed by atoms with van der Waals surface area (Å²) in [6.07, 6.45) is 6.84. The van der Waals surface area contributed by atoms with Crippen molar-refractivity contribution in [1.29, 1.82) is 0 Å². The molecule has 3 N–H and O–H groups in total. The standard InChI is InChI=1S/C25H27N7O3/c1-2-3-4-5-8-14-27-25(33)21-22-24(30-20-13-7-6-12-19(20)29-22)31(23(21)26)28-16-17-10-9-11-18(15-17)32(34)35/h6-7,9-13,15-16H,2-5,8,14,26H2,1H3,(H,27,33). The summed E-state index contributed by atoms with van der Waals surface area (Å²) in [6, 6.07) is 13.4. The van der Waals surface area contributed by atoms with E-state index in [2.05, 4.69) is 27.3 Å². The molecule has 35 heavy (non-hydrogen) atoms. The lowest BCUT2D eigenvalue weighted by Crippen LogP contribution is -2.25. The number of fused-ring (bicyclic) bond motifs is 2. The van der Waals surface area contributed by atoms with Crippen LogP contribution in [0, 0.1) is 10.1 Å². The summed E-state index contributed by atoms with van der Waals surface area (Å²) in [5.74, 6) is -0.239. The van der Waals surface area contributed by atoms with Gasteiger partial charge < -0.3 is 11.1 Å². The maximum Gasteiger partial charge on any atom is 0.270 e. The van der Waals surface area contributed by atoms with E-state index in [0.717, 1.165) is 25.7 Å². The molecule has 0 spiro atoms. The summed E-state index contributed by atoms with van der Waals surface area (Å²) < 4.78 is 1.35. The van der Waals surface area contributed by atoms with Crippen molar-refractivity contribution in [2.45, 2.75) is 39.0 Å². The molecule has 0 bridgehead atoms. The van der Waals surface area contributed by atoms with Gasteiger partial charge in [-0.05, 0) is 18.6 Å². The lowest BCUT2D eigenvalue weighted by Gasteiger charge is -2.05. The van der Waals surface area contributed by atoms with Crippen LogP contribution in [0.1, 0.15) is 54.9 Å². The number of nitro groups is 1. The van der Waals surface area contributed by atoms with E-state index < -0.39 is 4.92 Å². The Morgan fingerprint density at radius 1 is 1.11 bits per heavy atom. The molecule has 0 saturated heterocycles. The van der Waals surface area contributed by atoms with Gasteiger partial charge in [-0.1, -0.05) is 56.9 Å². The van der Waals surface area contributed by atoms with E-state index in [-0.39, 0.29) is 23.0 Å². The maximum atomic E-state index is 13.1. The second-order valence-corrected chi connectivity index (χ2v) is 8.22. The lowest BCUT2D eigenvalue weighted by atomic mass is 10.1. The van der Waals surface area contributed by atoms with Crippen molar-refractivity contribution < 1.29 is 9.72 Å². The number of anilines is 1. The summed E-state index contributed by atoms with van der Waals surface area (Å²) in [5, 5.41) is 18.4. The second-order valence-electron chi connectivity index (χ2n) is 8.22. The molecule has 2 aromatic carbocycles. The van der Waals surface area contributed by atoms with E-state index >= 15 is 0 Å². The van der Waals surface area contributed by atoms with Crippen LogP contribution in [-0.4, -0.2) is 38.2 Å². The zero-order chi connectivity index (χ0) is 24.8. The van der Waals surface area contributed by atoms with E-state index in [0.29, 0.717) is 34.3 Å². The molecule has 0 aliphatic rings. The summed E-state index contributed by atoms with van der Waals surface area (Å²) in [7, 11) is 0. The van der Waals surface area contributed by atoms with Crippen LogP contribution < -0.4 is 11.1 Å². The van der Waals surface area contributed by atoms with E-state index in [9.17, 15) is 14.9 Å². The molecule has 180 valence electrons. The van der Waals surface area contributed by atoms with E-state index in [4.69, 9.17) is 5.73 Å². The highest BCUT2D eigenvalue weighted by atomic mass is 16.6. The number of nitrogens with zero attached hydrogens (tertiary/aromatic N) is 5. The third-order valence-electron chi connectivity index (χ3n) is 5.67. The van der Waals surface area contributed by atoms with Gasteiger partial charge in [-0.2, -0.15) is 9.78 Å². The van der Waals surface area contributed by atoms with Crippen LogP contribution >= 0.6 is 0 Å². The zero-order valence-electron chi connectivity index (χ0n) is 19.5. The molecule has 2 heterocycles. The third kappa shape index (κ3) is 5.26. The number of non-ortho nitro benzene ring substituents is 1. The quantitative estimate of drug-likeness (QED) is 0.148. The molecule has 10 heteroatoms. The lowest BCUT2D eigenvalue weighted by molar-refractivity contribution is -0.384. The first kappa shape index (κ1) is 23.8. The van der Waals surface area contributed by atoms with E-state index in [1.165, 1.54) is 29.4 Å². The van der Waals surface area contributed by atoms with Crippen molar-refractivity contribution in [3.63, 3.8) is 0 Å². The van der Waals surface area contributed by atoms with Crippen LogP contribution in [0.25, 0.3) is 22.2 Å². The zero-order valence-corrected chi connectivity index (χ0v) is 19.5. The Morgan fingerprint density at radius 3 is 2.60 bits per heavy atom. The molecule has 1 amide bonds. The van der Waals surface area contributed by atoms with Gasteiger partial charge in [0.25, 0.3) is 11.6 Å². The van der Waals surface area contributed by atoms with Crippen LogP contribution in [0.15, 0.2) is 53.6 Å². The summed E-state index contributed by atoms with van der Waals surface area (Å²) in [4.78, 5) is 33.0. The van der Waals surface area contributed by atoms with Gasteiger partial charge in [0.2, 0.25) is 0 Å². The maximum absolute atomic E-state index is 13.1. The molecule has 0 atom stereocenters. The minimum Gasteiger partial charge on any atom is -0.383 e. The Kier molecular flexibility index (Phi) is 7.30. The number of aromatic nitrogens is 3. The number of hydrogen-bond donors (Lipinski definition) is 2. The van der Waals surface area contributed by atoms with Gasteiger partial charge in [-0.15, -0.1) is 0 Å². The number of rotatable bonds is 10. The Morgan fingerprint density at radius 2 is 1.86 bits per heavy atom. The number of nitro benzene ring substituents is 1. The number of amides is 1. The van der Waals surface area contributed by atoms with Gasteiger partial charge in [0.05, 0.1) is 22.2 Å². The highest BCUT2D eigenvalue weighted by Gasteiger charge is 2.24. The Bertz CT molecular complexity index is 1410. The summed E-state index contributed by atoms with van der Waals surface area (Å²) in [5.41, 5.74) is 9.00. The van der Waals surface area contributed by atoms with Crippen molar-refractivity contribution in [3.8, 4) is 0 Å². The van der Waals surface area contributed by atoms with Crippen molar-refractivity contribution in [2.24, 2.45) is 5.10 Å². The first-order chi connectivity index (χ1) is 17.0. The van der Waals surface area contributed by atoms with Crippen molar-refractivity contribution >= 4 is 45.8 Å². The molecule has 2 aromatic heterocycles. The predicted molar refractivity (Wildman–Crippen MR) is 137 cm³/mol. The number of para-hydroxylation sites is 2. The van der Waals surface area contributed by atoms with Crippen molar-refractivity contribution in [1.82, 2.24) is 20.0 Å². The molecule has 0 unspecified atom stereocenters. The minimum atomic E-state index is -0.473. The van der Waals surface area contributed by atoms with Gasteiger partial charge >= 0.3 is 0 Å². The highest BCUT2D eigenvalue weighted by molar-refractivity contribution is 6.10. The Balaban J connectivity index is 1.71. The molecular formula is C25H27N7O3. The highest BCUT2D eigenvalue weighted by Crippen LogP contribution is 2.28. The largest absolute Gasteiger partial charge is 0.383 e. The van der Waals surface area contributed by atoms with Gasteiger partial charge in [-0.25, -0.2) is 9.97 Å². The fourth-order valence-corrected chi connectivity index (χ4v) is 3.85. The molecule has 0 saturated carbocycles. The van der Waals surface area contributed by atoms with Crippen LogP contribution in [0.2, 0.25) is 0 Å². The molecule has 0 aliphatic carbocycles. The molecule has 0 aliphatic heterocycles. The number of nitrogens with two attached hydrogens (primary N) is 1. The first-order valence-corrected chi connectivity index (χ1v) is 11.6. The average molecular weight is 474 g/mol. The minimum absolute atomic E-state index is 0.0518. The van der Waals surface area contributed by atoms with Crippen LogP contribution in [0.5, 0.6) is 0 Å².